The summed E-state index contributed by atoms with van der Waals surface area (Å²) in [6.07, 6.45) is 1.06. The quantitative estimate of drug-likeness (QED) is 0.711. The summed E-state index contributed by atoms with van der Waals surface area (Å²) in [5.74, 6) is 0. The molecule has 0 aromatic carbocycles. The number of ether oxygens (including phenoxy) is 1. The van der Waals surface area contributed by atoms with Crippen molar-refractivity contribution in [3.8, 4) is 0 Å². The van der Waals surface area contributed by atoms with Crippen molar-refractivity contribution in [2.75, 3.05) is 40.3 Å². The fraction of sp³-hybridized carbons (Fsp3) is 0.900. The van der Waals surface area contributed by atoms with Crippen molar-refractivity contribution in [1.29, 1.82) is 0 Å². The minimum absolute atomic E-state index is 0.105. The number of rotatable bonds is 3. The molecule has 0 saturated carbocycles. The maximum absolute atomic E-state index is 11.9. The Bertz CT molecular complexity index is 415. The van der Waals surface area contributed by atoms with Crippen LogP contribution in [0.25, 0.3) is 0 Å². The van der Waals surface area contributed by atoms with Crippen LogP contribution >= 0.6 is 0 Å². The van der Waals surface area contributed by atoms with Gasteiger partial charge in [0.15, 0.2) is 0 Å². The van der Waals surface area contributed by atoms with Crippen molar-refractivity contribution in [2.45, 2.75) is 18.9 Å². The van der Waals surface area contributed by atoms with Crippen molar-refractivity contribution >= 4 is 16.3 Å². The number of piperidine rings is 1. The molecule has 7 nitrogen and oxygen atoms in total. The van der Waals surface area contributed by atoms with Gasteiger partial charge in [0.2, 0.25) is 0 Å². The summed E-state index contributed by atoms with van der Waals surface area (Å²) >= 11 is 0. The Morgan fingerprint density at radius 1 is 1.22 bits per heavy atom. The lowest BCUT2D eigenvalue weighted by Gasteiger charge is -2.35. The summed E-state index contributed by atoms with van der Waals surface area (Å²) in [6.45, 7) is 1.96. The summed E-state index contributed by atoms with van der Waals surface area (Å²) in [5.41, 5.74) is 0. The number of amides is 1. The van der Waals surface area contributed by atoms with Gasteiger partial charge in [-0.25, -0.2) is 4.79 Å². The maximum Gasteiger partial charge on any atom is 0.410 e. The van der Waals surface area contributed by atoms with Crippen LogP contribution in [0.4, 0.5) is 4.79 Å². The predicted molar refractivity (Wildman–Crippen MR) is 65.3 cm³/mol. The van der Waals surface area contributed by atoms with Crippen LogP contribution in [0.1, 0.15) is 12.8 Å². The zero-order valence-electron chi connectivity index (χ0n) is 10.7. The summed E-state index contributed by atoms with van der Waals surface area (Å²) in [6, 6.07) is 0.105. The van der Waals surface area contributed by atoms with Gasteiger partial charge in [0.1, 0.15) is 6.61 Å². The normalized spacial score (nSPS) is 23.7. The third kappa shape index (κ3) is 2.45. The predicted octanol–water partition coefficient (Wildman–Crippen LogP) is -0.291. The number of hydrogen-bond donors (Lipinski definition) is 0. The highest BCUT2D eigenvalue weighted by Gasteiger charge is 2.35. The molecule has 0 N–H and O–H groups in total. The van der Waals surface area contributed by atoms with Gasteiger partial charge in [-0.15, -0.1) is 0 Å². The van der Waals surface area contributed by atoms with Crippen molar-refractivity contribution in [1.82, 2.24) is 13.5 Å². The Morgan fingerprint density at radius 3 is 2.28 bits per heavy atom. The molecule has 104 valence electrons. The van der Waals surface area contributed by atoms with Crippen molar-refractivity contribution < 1.29 is 17.9 Å². The Labute approximate surface area is 107 Å². The molecular weight excluding hydrogens is 258 g/mol. The largest absolute Gasteiger partial charge is 0.448 e. The van der Waals surface area contributed by atoms with Gasteiger partial charge < -0.3 is 9.64 Å². The van der Waals surface area contributed by atoms with Gasteiger partial charge in [-0.1, -0.05) is 0 Å². The highest BCUT2D eigenvalue weighted by Crippen LogP contribution is 2.22. The Morgan fingerprint density at radius 2 is 1.83 bits per heavy atom. The summed E-state index contributed by atoms with van der Waals surface area (Å²) < 4.78 is 31.4. The zero-order chi connectivity index (χ0) is 13.3. The third-order valence-corrected chi connectivity index (χ3v) is 5.38. The fourth-order valence-electron chi connectivity index (χ4n) is 2.35. The summed E-state index contributed by atoms with van der Waals surface area (Å²) in [7, 11) is -0.274. The number of hydrogen-bond acceptors (Lipinski definition) is 4. The molecule has 2 heterocycles. The van der Waals surface area contributed by atoms with Gasteiger partial charge in [0.05, 0.1) is 6.54 Å². The van der Waals surface area contributed by atoms with E-state index in [1.807, 2.05) is 0 Å². The van der Waals surface area contributed by atoms with E-state index < -0.39 is 10.2 Å². The standard InChI is InChI=1S/C10H19N3O4S/c1-11(2)18(15,16)12-5-3-9(4-6-12)13-7-8-17-10(13)14/h9H,3-8H2,1-2H3. The van der Waals surface area contributed by atoms with Crippen LogP contribution in [-0.2, 0) is 14.9 Å². The first kappa shape index (κ1) is 13.6. The second-order valence-electron chi connectivity index (χ2n) is 4.73. The third-order valence-electron chi connectivity index (χ3n) is 3.44. The van der Waals surface area contributed by atoms with E-state index in [-0.39, 0.29) is 12.1 Å². The molecule has 0 aromatic rings. The molecule has 2 rings (SSSR count). The van der Waals surface area contributed by atoms with Crippen LogP contribution in [0.2, 0.25) is 0 Å². The molecule has 0 atom stereocenters. The highest BCUT2D eigenvalue weighted by atomic mass is 32.2. The maximum atomic E-state index is 11.9. The van der Waals surface area contributed by atoms with Gasteiger partial charge in [-0.2, -0.15) is 17.0 Å². The SMILES string of the molecule is CN(C)S(=O)(=O)N1CCC(N2CCOC2=O)CC1. The molecule has 0 bridgehead atoms. The number of carbonyl (C=O) groups is 1. The molecule has 0 unspecified atom stereocenters. The van der Waals surface area contributed by atoms with E-state index in [4.69, 9.17) is 4.74 Å². The first-order valence-electron chi connectivity index (χ1n) is 6.04. The van der Waals surface area contributed by atoms with Gasteiger partial charge in [-0.05, 0) is 12.8 Å². The summed E-state index contributed by atoms with van der Waals surface area (Å²) in [5, 5.41) is 0. The van der Waals surface area contributed by atoms with Crippen LogP contribution in [0.15, 0.2) is 0 Å². The number of carbonyl (C=O) groups excluding carboxylic acids is 1. The molecule has 0 aliphatic carbocycles. The molecule has 2 aliphatic heterocycles. The van der Waals surface area contributed by atoms with Crippen molar-refractivity contribution in [3.05, 3.63) is 0 Å². The van der Waals surface area contributed by atoms with E-state index in [1.54, 1.807) is 4.90 Å². The molecular formula is C10H19N3O4S. The lowest BCUT2D eigenvalue weighted by atomic mass is 10.1. The number of cyclic esters (lactones) is 1. The topological polar surface area (TPSA) is 70.2 Å². The molecule has 18 heavy (non-hydrogen) atoms. The van der Waals surface area contributed by atoms with E-state index in [0.29, 0.717) is 39.1 Å². The summed E-state index contributed by atoms with van der Waals surface area (Å²) in [4.78, 5) is 13.1. The molecule has 2 aliphatic rings. The van der Waals surface area contributed by atoms with Gasteiger partial charge in [0.25, 0.3) is 10.2 Å². The van der Waals surface area contributed by atoms with E-state index in [0.717, 1.165) is 0 Å². The lowest BCUT2D eigenvalue weighted by Crippen LogP contribution is -2.49. The molecule has 0 radical (unpaired) electrons. The molecule has 0 aromatic heterocycles. The minimum atomic E-state index is -3.33. The van der Waals surface area contributed by atoms with Crippen molar-refractivity contribution in [3.63, 3.8) is 0 Å². The van der Waals surface area contributed by atoms with E-state index in [9.17, 15) is 13.2 Å². The van der Waals surface area contributed by atoms with Crippen LogP contribution in [-0.4, -0.2) is 74.4 Å². The second kappa shape index (κ2) is 5.02. The van der Waals surface area contributed by atoms with E-state index in [1.165, 1.54) is 22.7 Å². The zero-order valence-corrected chi connectivity index (χ0v) is 11.5. The van der Waals surface area contributed by atoms with Crippen LogP contribution in [0.5, 0.6) is 0 Å². The highest BCUT2D eigenvalue weighted by molar-refractivity contribution is 7.86. The van der Waals surface area contributed by atoms with Gasteiger partial charge in [-0.3, -0.25) is 0 Å². The first-order valence-corrected chi connectivity index (χ1v) is 7.43. The van der Waals surface area contributed by atoms with Crippen LogP contribution in [0, 0.1) is 0 Å². The molecule has 2 saturated heterocycles. The lowest BCUT2D eigenvalue weighted by molar-refractivity contribution is 0.133. The average Bonchev–Trinajstić information content (AvgIpc) is 2.75. The molecule has 0 spiro atoms. The smallest absolute Gasteiger partial charge is 0.410 e. The van der Waals surface area contributed by atoms with E-state index >= 15 is 0 Å². The fourth-order valence-corrected chi connectivity index (χ4v) is 3.49. The van der Waals surface area contributed by atoms with Gasteiger partial charge >= 0.3 is 6.09 Å². The average molecular weight is 277 g/mol. The van der Waals surface area contributed by atoms with Crippen LogP contribution < -0.4 is 0 Å². The first-order chi connectivity index (χ1) is 8.43. The Kier molecular flexibility index (Phi) is 3.79. The van der Waals surface area contributed by atoms with Gasteiger partial charge in [0, 0.05) is 33.2 Å². The monoisotopic (exact) mass is 277 g/mol. The molecule has 8 heteroatoms. The number of nitrogens with zero attached hydrogens (tertiary/aromatic N) is 3. The minimum Gasteiger partial charge on any atom is -0.448 e. The van der Waals surface area contributed by atoms with Crippen molar-refractivity contribution in [2.24, 2.45) is 0 Å². The Balaban J connectivity index is 1.94. The molecule has 2 fully saturated rings. The second-order valence-corrected chi connectivity index (χ2v) is 6.87. The van der Waals surface area contributed by atoms with Crippen LogP contribution in [0.3, 0.4) is 0 Å². The Hall–Kier alpha value is -0.860. The van der Waals surface area contributed by atoms with E-state index in [2.05, 4.69) is 0 Å². The molecule has 1 amide bonds.